The lowest BCUT2D eigenvalue weighted by atomic mass is 10.6. The van der Waals surface area contributed by atoms with Crippen LogP contribution < -0.4 is 5.48 Å². The highest BCUT2D eigenvalue weighted by molar-refractivity contribution is 5.30. The van der Waals surface area contributed by atoms with Crippen LogP contribution in [0.5, 0.6) is 0 Å². The van der Waals surface area contributed by atoms with E-state index in [4.69, 9.17) is 5.21 Å². The van der Waals surface area contributed by atoms with E-state index in [0.717, 1.165) is 0 Å². The van der Waals surface area contributed by atoms with Gasteiger partial charge in [0.25, 0.3) is 0 Å². The van der Waals surface area contributed by atoms with Crippen molar-refractivity contribution in [1.82, 2.24) is 4.98 Å². The maximum Gasteiger partial charge on any atom is 0.127 e. The van der Waals surface area contributed by atoms with Crippen LogP contribution in [0.15, 0.2) is 18.3 Å². The van der Waals surface area contributed by atoms with E-state index in [1.165, 1.54) is 0 Å². The first-order valence-electron chi connectivity index (χ1n) is 1.97. The van der Waals surface area contributed by atoms with Crippen molar-refractivity contribution in [3.05, 3.63) is 18.3 Å². The molecular formula is C4H6N2O. The molecule has 0 radical (unpaired) electrons. The molecule has 1 aromatic rings. The Balaban J connectivity index is 2.76. The minimum absolute atomic E-state index is 0.611. The van der Waals surface area contributed by atoms with Crippen molar-refractivity contribution in [2.45, 2.75) is 0 Å². The molecule has 38 valence electrons. The van der Waals surface area contributed by atoms with E-state index in [9.17, 15) is 0 Å². The van der Waals surface area contributed by atoms with Crippen LogP contribution in [-0.4, -0.2) is 10.2 Å². The van der Waals surface area contributed by atoms with Crippen molar-refractivity contribution < 1.29 is 5.21 Å². The van der Waals surface area contributed by atoms with Crippen LogP contribution in [0.25, 0.3) is 0 Å². The molecule has 0 saturated carbocycles. The quantitative estimate of drug-likeness (QED) is 0.455. The first-order chi connectivity index (χ1) is 3.43. The number of H-pyrrole nitrogens is 1. The minimum Gasteiger partial charge on any atom is -0.347 e. The van der Waals surface area contributed by atoms with Crippen LogP contribution in [0.4, 0.5) is 5.82 Å². The van der Waals surface area contributed by atoms with Crippen molar-refractivity contribution in [2.75, 3.05) is 5.48 Å². The van der Waals surface area contributed by atoms with Crippen molar-refractivity contribution in [3.8, 4) is 0 Å². The van der Waals surface area contributed by atoms with Gasteiger partial charge in [-0.1, -0.05) is 0 Å². The van der Waals surface area contributed by atoms with Gasteiger partial charge in [0, 0.05) is 6.20 Å². The van der Waals surface area contributed by atoms with Crippen LogP contribution in [0.3, 0.4) is 0 Å². The number of hydrogen-bond donors (Lipinski definition) is 3. The summed E-state index contributed by atoms with van der Waals surface area (Å²) in [4.78, 5) is 2.73. The third-order valence-electron chi connectivity index (χ3n) is 0.718. The average molecular weight is 98.1 g/mol. The van der Waals surface area contributed by atoms with Crippen LogP contribution in [0.1, 0.15) is 0 Å². The van der Waals surface area contributed by atoms with E-state index in [1.54, 1.807) is 18.3 Å². The van der Waals surface area contributed by atoms with Gasteiger partial charge in [-0.3, -0.25) is 10.7 Å². The zero-order valence-electron chi connectivity index (χ0n) is 3.68. The molecule has 7 heavy (non-hydrogen) atoms. The first-order valence-corrected chi connectivity index (χ1v) is 1.97. The Morgan fingerprint density at radius 2 is 2.57 bits per heavy atom. The summed E-state index contributed by atoms with van der Waals surface area (Å²) in [5.74, 6) is 0.611. The number of nitrogens with one attached hydrogen (secondary N) is 2. The summed E-state index contributed by atoms with van der Waals surface area (Å²) >= 11 is 0. The van der Waals surface area contributed by atoms with Gasteiger partial charge in [-0.15, -0.1) is 0 Å². The normalized spacial score (nSPS) is 8.71. The van der Waals surface area contributed by atoms with Gasteiger partial charge >= 0.3 is 0 Å². The second-order valence-electron chi connectivity index (χ2n) is 1.20. The first kappa shape index (κ1) is 4.21. The number of hydrogen-bond acceptors (Lipinski definition) is 2. The summed E-state index contributed by atoms with van der Waals surface area (Å²) < 4.78 is 0. The highest BCUT2D eigenvalue weighted by Crippen LogP contribution is 1.96. The number of aromatic amines is 1. The maximum atomic E-state index is 8.15. The Labute approximate surface area is 40.9 Å². The molecule has 0 amide bonds. The molecular weight excluding hydrogens is 92.1 g/mol. The zero-order chi connectivity index (χ0) is 5.11. The lowest BCUT2D eigenvalue weighted by Crippen LogP contribution is -1.86. The molecule has 0 aliphatic heterocycles. The summed E-state index contributed by atoms with van der Waals surface area (Å²) in [6.45, 7) is 0. The Kier molecular flexibility index (Phi) is 0.997. The molecule has 0 atom stereocenters. The second kappa shape index (κ2) is 1.66. The van der Waals surface area contributed by atoms with Crippen LogP contribution >= 0.6 is 0 Å². The molecule has 0 aromatic carbocycles. The van der Waals surface area contributed by atoms with E-state index in [0.29, 0.717) is 5.82 Å². The molecule has 0 spiro atoms. The van der Waals surface area contributed by atoms with Gasteiger partial charge in [0.05, 0.1) is 0 Å². The van der Waals surface area contributed by atoms with Gasteiger partial charge in [-0.05, 0) is 12.1 Å². The molecule has 1 heterocycles. The van der Waals surface area contributed by atoms with Gasteiger partial charge in [0.1, 0.15) is 5.82 Å². The highest BCUT2D eigenvalue weighted by Gasteiger charge is 1.80. The molecule has 0 unspecified atom stereocenters. The topological polar surface area (TPSA) is 48.0 Å². The maximum absolute atomic E-state index is 8.15. The van der Waals surface area contributed by atoms with Crippen LogP contribution in [-0.2, 0) is 0 Å². The number of aromatic nitrogens is 1. The second-order valence-corrected chi connectivity index (χ2v) is 1.20. The molecule has 1 rings (SSSR count). The average Bonchev–Trinajstić information content (AvgIpc) is 2.14. The molecule has 0 fully saturated rings. The van der Waals surface area contributed by atoms with Crippen molar-refractivity contribution in [2.24, 2.45) is 0 Å². The summed E-state index contributed by atoms with van der Waals surface area (Å²) in [6, 6.07) is 3.51. The third kappa shape index (κ3) is 0.721. The molecule has 0 aliphatic carbocycles. The van der Waals surface area contributed by atoms with E-state index in [2.05, 4.69) is 4.98 Å². The van der Waals surface area contributed by atoms with Crippen LogP contribution in [0, 0.1) is 0 Å². The van der Waals surface area contributed by atoms with E-state index in [-0.39, 0.29) is 0 Å². The number of rotatable bonds is 1. The largest absolute Gasteiger partial charge is 0.347 e. The SMILES string of the molecule is ONc1ccc[nH]1. The molecule has 1 aromatic heterocycles. The van der Waals surface area contributed by atoms with E-state index < -0.39 is 0 Å². The van der Waals surface area contributed by atoms with Crippen molar-refractivity contribution in [1.29, 1.82) is 0 Å². The monoisotopic (exact) mass is 98.0 g/mol. The molecule has 3 heteroatoms. The van der Waals surface area contributed by atoms with Gasteiger partial charge in [-0.2, -0.15) is 0 Å². The number of anilines is 1. The molecule has 0 aliphatic rings. The predicted molar refractivity (Wildman–Crippen MR) is 26.2 cm³/mol. The van der Waals surface area contributed by atoms with Gasteiger partial charge in [-0.25, -0.2) is 0 Å². The van der Waals surface area contributed by atoms with E-state index in [1.807, 2.05) is 5.48 Å². The molecule has 0 saturated heterocycles. The van der Waals surface area contributed by atoms with Gasteiger partial charge in [0.15, 0.2) is 0 Å². The molecule has 3 N–H and O–H groups in total. The Morgan fingerprint density at radius 1 is 1.71 bits per heavy atom. The summed E-state index contributed by atoms with van der Waals surface area (Å²) in [5, 5.41) is 8.15. The smallest absolute Gasteiger partial charge is 0.127 e. The molecule has 3 nitrogen and oxygen atoms in total. The van der Waals surface area contributed by atoms with Crippen molar-refractivity contribution >= 4 is 5.82 Å². The highest BCUT2D eigenvalue weighted by atomic mass is 16.5. The lowest BCUT2D eigenvalue weighted by molar-refractivity contribution is 0.386. The fourth-order valence-electron chi connectivity index (χ4n) is 0.400. The Bertz CT molecular complexity index is 124. The molecule has 0 bridgehead atoms. The minimum atomic E-state index is 0.611. The lowest BCUT2D eigenvalue weighted by Gasteiger charge is -1.86. The zero-order valence-corrected chi connectivity index (χ0v) is 3.68. The predicted octanol–water partition coefficient (Wildman–Crippen LogP) is 0.816. The fraction of sp³-hybridized carbons (Fsp3) is 0. The Hall–Kier alpha value is -0.960. The Morgan fingerprint density at radius 3 is 2.86 bits per heavy atom. The van der Waals surface area contributed by atoms with Crippen molar-refractivity contribution in [3.63, 3.8) is 0 Å². The summed E-state index contributed by atoms with van der Waals surface area (Å²) in [5.41, 5.74) is 1.95. The third-order valence-corrected chi connectivity index (χ3v) is 0.718. The fourth-order valence-corrected chi connectivity index (χ4v) is 0.400. The van der Waals surface area contributed by atoms with Gasteiger partial charge < -0.3 is 4.98 Å². The summed E-state index contributed by atoms with van der Waals surface area (Å²) in [7, 11) is 0. The van der Waals surface area contributed by atoms with E-state index >= 15 is 0 Å². The van der Waals surface area contributed by atoms with Crippen LogP contribution in [0.2, 0.25) is 0 Å². The summed E-state index contributed by atoms with van der Waals surface area (Å²) in [6.07, 6.45) is 1.72. The van der Waals surface area contributed by atoms with Gasteiger partial charge in [0.2, 0.25) is 0 Å². The standard InChI is InChI=1S/C4H6N2O/c7-6-4-2-1-3-5-4/h1-3,5-7H.